The SMILES string of the molecule is CC(=O)OC[C@H]1O[C@@H](n2cnc3c(N)nc(N=Nc4ccccc4)nc32)[C@H](OC(C)=O)[C@@H]1OC(C)=O. The van der Waals surface area contributed by atoms with E-state index in [-0.39, 0.29) is 29.5 Å². The lowest BCUT2D eigenvalue weighted by Crippen LogP contribution is -2.40. The Balaban J connectivity index is 1.73. The number of nitrogen functional groups attached to an aromatic ring is 1. The maximum atomic E-state index is 11.9. The summed E-state index contributed by atoms with van der Waals surface area (Å²) in [6, 6.07) is 8.96. The highest BCUT2D eigenvalue weighted by Crippen LogP contribution is 2.36. The van der Waals surface area contributed by atoms with Crippen molar-refractivity contribution in [3.63, 3.8) is 0 Å². The van der Waals surface area contributed by atoms with Crippen molar-refractivity contribution >= 4 is 46.5 Å². The second-order valence-corrected chi connectivity index (χ2v) is 7.78. The van der Waals surface area contributed by atoms with Gasteiger partial charge < -0.3 is 24.7 Å². The number of aromatic nitrogens is 4. The van der Waals surface area contributed by atoms with Gasteiger partial charge in [0.1, 0.15) is 18.2 Å². The molecule has 4 rings (SSSR count). The van der Waals surface area contributed by atoms with Gasteiger partial charge in [0, 0.05) is 20.8 Å². The number of nitrogens with two attached hydrogens (primary N) is 1. The van der Waals surface area contributed by atoms with Gasteiger partial charge in [-0.15, -0.1) is 10.2 Å². The first-order chi connectivity index (χ1) is 17.2. The van der Waals surface area contributed by atoms with Crippen molar-refractivity contribution in [2.45, 2.75) is 45.3 Å². The molecule has 1 saturated heterocycles. The Morgan fingerprint density at radius 3 is 2.36 bits per heavy atom. The minimum absolute atomic E-state index is 0.0378. The molecule has 2 aromatic heterocycles. The maximum Gasteiger partial charge on any atom is 0.303 e. The first-order valence-electron chi connectivity index (χ1n) is 10.8. The molecule has 3 aromatic rings. The zero-order valence-corrected chi connectivity index (χ0v) is 19.6. The number of rotatable bonds is 7. The highest BCUT2D eigenvalue weighted by Gasteiger charge is 2.51. The fourth-order valence-electron chi connectivity index (χ4n) is 3.67. The molecule has 14 heteroatoms. The number of imidazole rings is 1. The van der Waals surface area contributed by atoms with Crippen LogP contribution in [-0.2, 0) is 33.3 Å². The van der Waals surface area contributed by atoms with Gasteiger partial charge in [-0.25, -0.2) is 4.98 Å². The van der Waals surface area contributed by atoms with Crippen LogP contribution in [-0.4, -0.2) is 62.3 Å². The lowest BCUT2D eigenvalue weighted by Gasteiger charge is -2.23. The average Bonchev–Trinajstić information content (AvgIpc) is 3.38. The predicted octanol–water partition coefficient (Wildman–Crippen LogP) is 2.15. The number of hydrogen-bond acceptors (Lipinski definition) is 13. The third-order valence-corrected chi connectivity index (χ3v) is 5.06. The smallest absolute Gasteiger partial charge is 0.303 e. The molecule has 14 nitrogen and oxygen atoms in total. The molecular formula is C22H23N7O7. The van der Waals surface area contributed by atoms with E-state index >= 15 is 0 Å². The highest BCUT2D eigenvalue weighted by molar-refractivity contribution is 5.82. The first kappa shape index (κ1) is 24.7. The normalized spacial score (nSPS) is 21.5. The lowest BCUT2D eigenvalue weighted by molar-refractivity contribution is -0.166. The van der Waals surface area contributed by atoms with Crippen LogP contribution in [0.3, 0.4) is 0 Å². The minimum Gasteiger partial charge on any atom is -0.463 e. The average molecular weight is 497 g/mol. The Morgan fingerprint density at radius 1 is 1.00 bits per heavy atom. The molecule has 3 heterocycles. The Morgan fingerprint density at radius 2 is 1.69 bits per heavy atom. The fraction of sp³-hybridized carbons (Fsp3) is 0.364. The van der Waals surface area contributed by atoms with E-state index in [2.05, 4.69) is 25.2 Å². The van der Waals surface area contributed by atoms with E-state index in [1.165, 1.54) is 31.7 Å². The highest BCUT2D eigenvalue weighted by atomic mass is 16.7. The second kappa shape index (κ2) is 10.4. The fourth-order valence-corrected chi connectivity index (χ4v) is 3.67. The monoisotopic (exact) mass is 497 g/mol. The molecule has 0 radical (unpaired) electrons. The Labute approximate surface area is 204 Å². The number of benzene rings is 1. The maximum absolute atomic E-state index is 11.9. The number of hydrogen-bond donors (Lipinski definition) is 1. The first-order valence-corrected chi connectivity index (χ1v) is 10.8. The lowest BCUT2D eigenvalue weighted by atomic mass is 10.1. The molecule has 2 N–H and O–H groups in total. The van der Waals surface area contributed by atoms with Gasteiger partial charge in [-0.05, 0) is 12.1 Å². The molecule has 0 unspecified atom stereocenters. The molecule has 0 amide bonds. The molecule has 188 valence electrons. The molecule has 0 spiro atoms. The van der Waals surface area contributed by atoms with E-state index < -0.39 is 42.4 Å². The van der Waals surface area contributed by atoms with Crippen LogP contribution >= 0.6 is 0 Å². The largest absolute Gasteiger partial charge is 0.463 e. The molecule has 4 atom stereocenters. The minimum atomic E-state index is -1.12. The number of carbonyl (C=O) groups excluding carboxylic acids is 3. The van der Waals surface area contributed by atoms with E-state index in [1.54, 1.807) is 24.3 Å². The van der Waals surface area contributed by atoms with Crippen molar-refractivity contribution in [2.24, 2.45) is 10.2 Å². The summed E-state index contributed by atoms with van der Waals surface area (Å²) in [7, 11) is 0. The summed E-state index contributed by atoms with van der Waals surface area (Å²) in [6.45, 7) is 3.38. The molecule has 1 aromatic carbocycles. The number of azo groups is 1. The second-order valence-electron chi connectivity index (χ2n) is 7.78. The molecule has 1 fully saturated rings. The zero-order valence-electron chi connectivity index (χ0n) is 19.6. The van der Waals surface area contributed by atoms with Crippen LogP contribution in [0.15, 0.2) is 46.9 Å². The molecule has 1 aliphatic heterocycles. The number of ether oxygens (including phenoxy) is 4. The van der Waals surface area contributed by atoms with Crippen LogP contribution in [0.25, 0.3) is 11.2 Å². The summed E-state index contributed by atoms with van der Waals surface area (Å²) in [4.78, 5) is 47.8. The van der Waals surface area contributed by atoms with Gasteiger partial charge in [-0.3, -0.25) is 19.0 Å². The number of esters is 3. The Kier molecular flexibility index (Phi) is 7.15. The van der Waals surface area contributed by atoms with Crippen molar-refractivity contribution in [1.82, 2.24) is 19.5 Å². The van der Waals surface area contributed by atoms with Gasteiger partial charge in [0.05, 0.1) is 12.0 Å². The third-order valence-electron chi connectivity index (χ3n) is 5.06. The van der Waals surface area contributed by atoms with E-state index in [9.17, 15) is 14.4 Å². The topological polar surface area (TPSA) is 182 Å². The van der Waals surface area contributed by atoms with E-state index in [1.807, 2.05) is 6.07 Å². The summed E-state index contributed by atoms with van der Waals surface area (Å²) in [6.07, 6.45) is -2.83. The van der Waals surface area contributed by atoms with Crippen molar-refractivity contribution in [3.05, 3.63) is 36.7 Å². The summed E-state index contributed by atoms with van der Waals surface area (Å²) in [5.74, 6) is -1.85. The predicted molar refractivity (Wildman–Crippen MR) is 122 cm³/mol. The van der Waals surface area contributed by atoms with Crippen molar-refractivity contribution in [1.29, 1.82) is 0 Å². The van der Waals surface area contributed by atoms with E-state index in [4.69, 9.17) is 24.7 Å². The Hall–Kier alpha value is -4.46. The van der Waals surface area contributed by atoms with Gasteiger partial charge in [-0.2, -0.15) is 9.97 Å². The van der Waals surface area contributed by atoms with Gasteiger partial charge in [0.25, 0.3) is 5.95 Å². The zero-order chi connectivity index (χ0) is 25.8. The standard InChI is InChI=1S/C22H23N7O7/c1-11(30)33-9-15-17(34-12(2)31)18(35-13(3)32)21(36-15)29-10-24-16-19(23)25-22(26-20(16)29)28-27-14-7-5-4-6-8-14/h4-8,10,15,17-18,21H,9H2,1-3H3,(H2,23,25,26)/t15-,17-,18-,21-/m1/s1. The van der Waals surface area contributed by atoms with Gasteiger partial charge in [0.2, 0.25) is 0 Å². The third kappa shape index (κ3) is 5.43. The van der Waals surface area contributed by atoms with Crippen LogP contribution in [0.5, 0.6) is 0 Å². The van der Waals surface area contributed by atoms with Gasteiger partial charge >= 0.3 is 17.9 Å². The molecule has 0 bridgehead atoms. The molecular weight excluding hydrogens is 474 g/mol. The number of nitrogens with zero attached hydrogens (tertiary/aromatic N) is 6. The van der Waals surface area contributed by atoms with Gasteiger partial charge in [0.15, 0.2) is 29.9 Å². The van der Waals surface area contributed by atoms with Gasteiger partial charge in [-0.1, -0.05) is 18.2 Å². The molecule has 0 aliphatic carbocycles. The number of anilines is 1. The number of fused-ring (bicyclic) bond motifs is 1. The van der Waals surface area contributed by atoms with E-state index in [0.29, 0.717) is 5.69 Å². The van der Waals surface area contributed by atoms with Crippen LogP contribution < -0.4 is 5.73 Å². The van der Waals surface area contributed by atoms with Crippen molar-refractivity contribution < 1.29 is 33.3 Å². The Bertz CT molecular complexity index is 1310. The summed E-state index contributed by atoms with van der Waals surface area (Å²) >= 11 is 0. The van der Waals surface area contributed by atoms with Crippen LogP contribution in [0.1, 0.15) is 27.0 Å². The molecule has 36 heavy (non-hydrogen) atoms. The van der Waals surface area contributed by atoms with Crippen LogP contribution in [0.2, 0.25) is 0 Å². The van der Waals surface area contributed by atoms with Crippen LogP contribution in [0, 0.1) is 0 Å². The van der Waals surface area contributed by atoms with Crippen LogP contribution in [0.4, 0.5) is 17.5 Å². The van der Waals surface area contributed by atoms with Crippen molar-refractivity contribution in [3.8, 4) is 0 Å². The quantitative estimate of drug-likeness (QED) is 0.287. The number of carbonyl (C=O) groups is 3. The summed E-state index contributed by atoms with van der Waals surface area (Å²) in [5.41, 5.74) is 7.11. The summed E-state index contributed by atoms with van der Waals surface area (Å²) < 4.78 is 23.4. The van der Waals surface area contributed by atoms with Crippen molar-refractivity contribution in [2.75, 3.05) is 12.3 Å². The molecule has 0 saturated carbocycles. The summed E-state index contributed by atoms with van der Waals surface area (Å²) in [5, 5.41) is 8.15. The van der Waals surface area contributed by atoms with E-state index in [0.717, 1.165) is 0 Å². The molecule has 1 aliphatic rings.